The molecule has 0 aliphatic rings. The first kappa shape index (κ1) is 9.85. The second-order valence-corrected chi connectivity index (χ2v) is 4.71. The fourth-order valence-electron chi connectivity index (χ4n) is 1.34. The average Bonchev–Trinajstić information content (AvgIpc) is 2.47. The van der Waals surface area contributed by atoms with Crippen LogP contribution in [0.1, 0.15) is 0 Å². The normalized spacial score (nSPS) is 10.8. The van der Waals surface area contributed by atoms with Crippen LogP contribution >= 0.6 is 24.0 Å². The van der Waals surface area contributed by atoms with Crippen molar-refractivity contribution >= 4 is 46.6 Å². The van der Waals surface area contributed by atoms with Crippen molar-refractivity contribution in [3.8, 4) is 5.75 Å². The van der Waals surface area contributed by atoms with Crippen LogP contribution in [0.3, 0.4) is 0 Å². The smallest absolute Gasteiger partial charge is 0.489 e. The topological polar surface area (TPSA) is 60.7 Å². The van der Waals surface area contributed by atoms with E-state index in [0.29, 0.717) is 15.5 Å². The first-order valence-corrected chi connectivity index (χ1v) is 5.16. The molecule has 0 amide bonds. The van der Waals surface area contributed by atoms with E-state index in [-0.39, 0.29) is 5.75 Å². The number of thiol groups is 1. The van der Waals surface area contributed by atoms with Crippen LogP contribution in [-0.2, 0) is 0 Å². The second kappa shape index (κ2) is 3.47. The number of hydrogen-bond acceptors (Lipinski definition) is 5. The third-order valence-electron chi connectivity index (χ3n) is 1.96. The molecule has 1 aromatic carbocycles. The lowest BCUT2D eigenvalue weighted by Gasteiger charge is -2.02. The van der Waals surface area contributed by atoms with Gasteiger partial charge in [0.25, 0.3) is 0 Å². The average molecular weight is 226 g/mol. The van der Waals surface area contributed by atoms with E-state index in [1.54, 1.807) is 6.07 Å². The molecule has 72 valence electrons. The van der Waals surface area contributed by atoms with Gasteiger partial charge in [-0.25, -0.2) is 0 Å². The fraction of sp³-hybridized carbons (Fsp3) is 0. The maximum absolute atomic E-state index is 9.50. The first-order valence-electron chi connectivity index (χ1n) is 3.90. The molecule has 2 aromatic rings. The van der Waals surface area contributed by atoms with E-state index < -0.39 is 7.12 Å². The highest BCUT2D eigenvalue weighted by Crippen LogP contribution is 2.33. The number of aromatic hydroxyl groups is 1. The Bertz CT molecular complexity index is 481. The number of phenolic OH excluding ortho intramolecular Hbond substituents is 1. The van der Waals surface area contributed by atoms with Crippen LogP contribution in [0.4, 0.5) is 0 Å². The summed E-state index contributed by atoms with van der Waals surface area (Å²) in [7, 11) is -1.53. The molecule has 0 bridgehead atoms. The van der Waals surface area contributed by atoms with Gasteiger partial charge in [0, 0.05) is 0 Å². The van der Waals surface area contributed by atoms with Crippen molar-refractivity contribution in [2.75, 3.05) is 0 Å². The first-order chi connectivity index (χ1) is 6.59. The van der Waals surface area contributed by atoms with Crippen LogP contribution < -0.4 is 5.46 Å². The van der Waals surface area contributed by atoms with Crippen LogP contribution in [0.5, 0.6) is 5.75 Å². The Labute approximate surface area is 90.2 Å². The zero-order valence-corrected chi connectivity index (χ0v) is 8.72. The molecule has 2 rings (SSSR count). The van der Waals surface area contributed by atoms with Crippen LogP contribution in [0.2, 0.25) is 0 Å². The molecule has 3 nitrogen and oxygen atoms in total. The zero-order valence-electron chi connectivity index (χ0n) is 7.01. The monoisotopic (exact) mass is 226 g/mol. The van der Waals surface area contributed by atoms with Crippen molar-refractivity contribution in [3.63, 3.8) is 0 Å². The highest BCUT2D eigenvalue weighted by Gasteiger charge is 2.17. The molecule has 1 heterocycles. The highest BCUT2D eigenvalue weighted by atomic mass is 32.2. The molecule has 0 aliphatic carbocycles. The lowest BCUT2D eigenvalue weighted by Crippen LogP contribution is -2.29. The Hall–Kier alpha value is -0.685. The number of fused-ring (bicyclic) bond motifs is 1. The summed E-state index contributed by atoms with van der Waals surface area (Å²) in [6.45, 7) is 0. The standard InChI is InChI=1S/C8H7BO3S2/c10-6-2-1-5(9(11)12)4-3-7(13)14-8(4)6/h1-3,10-13H. The maximum Gasteiger partial charge on any atom is 0.489 e. The predicted molar refractivity (Wildman–Crippen MR) is 60.6 cm³/mol. The SMILES string of the molecule is OB(O)c1ccc(O)c2sc(S)cc12. The minimum atomic E-state index is -1.53. The third kappa shape index (κ3) is 1.50. The summed E-state index contributed by atoms with van der Waals surface area (Å²) in [6, 6.07) is 4.64. The molecule has 3 N–H and O–H groups in total. The lowest BCUT2D eigenvalue weighted by atomic mass is 9.78. The van der Waals surface area contributed by atoms with E-state index in [4.69, 9.17) is 10.0 Å². The molecular formula is C8H7BO3S2. The maximum atomic E-state index is 9.50. The van der Waals surface area contributed by atoms with Gasteiger partial charge in [-0.1, -0.05) is 6.07 Å². The molecule has 14 heavy (non-hydrogen) atoms. The van der Waals surface area contributed by atoms with Crippen molar-refractivity contribution in [3.05, 3.63) is 18.2 Å². The quantitative estimate of drug-likeness (QED) is 0.425. The molecule has 0 saturated carbocycles. The Morgan fingerprint density at radius 2 is 2.00 bits per heavy atom. The van der Waals surface area contributed by atoms with Crippen molar-refractivity contribution in [2.45, 2.75) is 4.21 Å². The van der Waals surface area contributed by atoms with E-state index in [9.17, 15) is 5.11 Å². The number of benzene rings is 1. The van der Waals surface area contributed by atoms with Crippen molar-refractivity contribution < 1.29 is 15.2 Å². The van der Waals surface area contributed by atoms with Gasteiger partial charge in [0.15, 0.2) is 0 Å². The van der Waals surface area contributed by atoms with Crippen LogP contribution in [-0.4, -0.2) is 22.3 Å². The van der Waals surface area contributed by atoms with Gasteiger partial charge < -0.3 is 15.2 Å². The number of rotatable bonds is 1. The van der Waals surface area contributed by atoms with E-state index in [1.165, 1.54) is 23.5 Å². The Morgan fingerprint density at radius 3 is 2.64 bits per heavy atom. The summed E-state index contributed by atoms with van der Waals surface area (Å²) in [5.74, 6) is 0.134. The molecule has 0 spiro atoms. The third-order valence-corrected chi connectivity index (χ3v) is 3.32. The molecule has 0 aliphatic heterocycles. The van der Waals surface area contributed by atoms with Gasteiger partial charge in [0.2, 0.25) is 0 Å². The van der Waals surface area contributed by atoms with E-state index in [2.05, 4.69) is 12.6 Å². The van der Waals surface area contributed by atoms with Gasteiger partial charge in [-0.05, 0) is 23.0 Å². The van der Waals surface area contributed by atoms with Crippen molar-refractivity contribution in [1.82, 2.24) is 0 Å². The van der Waals surface area contributed by atoms with Crippen LogP contribution in [0.25, 0.3) is 10.1 Å². The molecule has 0 unspecified atom stereocenters. The number of thiophene rings is 1. The van der Waals surface area contributed by atoms with Crippen LogP contribution in [0, 0.1) is 0 Å². The van der Waals surface area contributed by atoms with Gasteiger partial charge in [-0.2, -0.15) is 0 Å². The highest BCUT2D eigenvalue weighted by molar-refractivity contribution is 7.83. The summed E-state index contributed by atoms with van der Waals surface area (Å²) in [5.41, 5.74) is 0.384. The van der Waals surface area contributed by atoms with Gasteiger partial charge in [-0.15, -0.1) is 24.0 Å². The largest absolute Gasteiger partial charge is 0.506 e. The summed E-state index contributed by atoms with van der Waals surface area (Å²) in [6.07, 6.45) is 0. The molecule has 0 saturated heterocycles. The zero-order chi connectivity index (χ0) is 10.3. The number of hydrogen-bond donors (Lipinski definition) is 4. The van der Waals surface area contributed by atoms with E-state index in [0.717, 1.165) is 4.21 Å². The lowest BCUT2D eigenvalue weighted by molar-refractivity contribution is 0.426. The summed E-state index contributed by atoms with van der Waals surface area (Å²) in [5, 5.41) is 28.3. The van der Waals surface area contributed by atoms with Crippen molar-refractivity contribution in [1.29, 1.82) is 0 Å². The summed E-state index contributed by atoms with van der Waals surface area (Å²) in [4.78, 5) is 0. The van der Waals surface area contributed by atoms with Gasteiger partial charge in [0.1, 0.15) is 5.75 Å². The summed E-state index contributed by atoms with van der Waals surface area (Å²) < 4.78 is 1.35. The fourth-order valence-corrected chi connectivity index (χ4v) is 2.59. The van der Waals surface area contributed by atoms with Gasteiger partial charge in [-0.3, -0.25) is 0 Å². The van der Waals surface area contributed by atoms with Gasteiger partial charge in [0.05, 0.1) is 8.91 Å². The molecule has 0 radical (unpaired) electrons. The molecule has 0 atom stereocenters. The minimum absolute atomic E-state index is 0.134. The molecule has 6 heteroatoms. The molecular weight excluding hydrogens is 219 g/mol. The number of phenols is 1. The second-order valence-electron chi connectivity index (χ2n) is 2.88. The van der Waals surface area contributed by atoms with Crippen molar-refractivity contribution in [2.24, 2.45) is 0 Å². The molecule has 1 aromatic heterocycles. The van der Waals surface area contributed by atoms with Crippen LogP contribution in [0.15, 0.2) is 22.4 Å². The molecule has 0 fully saturated rings. The Kier molecular flexibility index (Phi) is 2.44. The predicted octanol–water partition coefficient (Wildman–Crippen LogP) is 0.575. The van der Waals surface area contributed by atoms with E-state index in [1.807, 2.05) is 0 Å². The van der Waals surface area contributed by atoms with E-state index >= 15 is 0 Å². The Balaban J connectivity index is 2.81. The van der Waals surface area contributed by atoms with Gasteiger partial charge >= 0.3 is 7.12 Å². The Morgan fingerprint density at radius 1 is 1.29 bits per heavy atom. The summed E-state index contributed by atoms with van der Waals surface area (Å²) >= 11 is 5.45. The minimum Gasteiger partial charge on any atom is -0.506 e.